The molecule has 1 aromatic carbocycles. The zero-order valence-corrected chi connectivity index (χ0v) is 10.9. The fourth-order valence-corrected chi connectivity index (χ4v) is 1.66. The standard InChI is InChI=1S/C14H16O6/c15-7-4-8-17-12-9-18-13(20-12)10-19-14(16)11-5-2-1-3-6-11/h1-3,5-7,12-13H,4,8-10H2. The van der Waals surface area contributed by atoms with E-state index >= 15 is 0 Å². The lowest BCUT2D eigenvalue weighted by Crippen LogP contribution is -2.22. The van der Waals surface area contributed by atoms with Crippen molar-refractivity contribution in [1.82, 2.24) is 0 Å². The van der Waals surface area contributed by atoms with Crippen LogP contribution in [0, 0.1) is 0 Å². The van der Waals surface area contributed by atoms with E-state index in [1.807, 2.05) is 6.07 Å². The predicted octanol–water partition coefficient (Wildman–Crippen LogP) is 1.15. The maximum Gasteiger partial charge on any atom is 0.338 e. The van der Waals surface area contributed by atoms with Gasteiger partial charge in [-0.1, -0.05) is 18.2 Å². The van der Waals surface area contributed by atoms with Gasteiger partial charge in [-0.25, -0.2) is 4.79 Å². The van der Waals surface area contributed by atoms with E-state index < -0.39 is 18.5 Å². The van der Waals surface area contributed by atoms with Gasteiger partial charge < -0.3 is 23.7 Å². The minimum Gasteiger partial charge on any atom is -0.457 e. The monoisotopic (exact) mass is 280 g/mol. The Labute approximate surface area is 116 Å². The zero-order chi connectivity index (χ0) is 14.2. The molecule has 0 aliphatic carbocycles. The molecule has 0 amide bonds. The SMILES string of the molecule is O=CCCOC1COC(COC(=O)c2ccccc2)O1. The second-order valence-corrected chi connectivity index (χ2v) is 4.12. The number of rotatable bonds is 7. The summed E-state index contributed by atoms with van der Waals surface area (Å²) in [5.74, 6) is -0.428. The van der Waals surface area contributed by atoms with Gasteiger partial charge in [-0.05, 0) is 12.1 Å². The molecule has 2 rings (SSSR count). The fraction of sp³-hybridized carbons (Fsp3) is 0.429. The summed E-state index contributed by atoms with van der Waals surface area (Å²) in [6.45, 7) is 0.543. The van der Waals surface area contributed by atoms with Crippen LogP contribution in [0.4, 0.5) is 0 Å². The van der Waals surface area contributed by atoms with E-state index in [0.29, 0.717) is 12.0 Å². The molecular formula is C14H16O6. The average Bonchev–Trinajstić information content (AvgIpc) is 2.94. The van der Waals surface area contributed by atoms with E-state index in [2.05, 4.69) is 0 Å². The Hall–Kier alpha value is -1.76. The Kier molecular flexibility index (Phi) is 5.67. The van der Waals surface area contributed by atoms with Crippen molar-refractivity contribution < 1.29 is 28.5 Å². The first kappa shape index (κ1) is 14.6. The van der Waals surface area contributed by atoms with Crippen LogP contribution in [0.15, 0.2) is 30.3 Å². The normalized spacial score (nSPS) is 21.6. The van der Waals surface area contributed by atoms with Crippen molar-refractivity contribution in [2.75, 3.05) is 19.8 Å². The lowest BCUT2D eigenvalue weighted by atomic mass is 10.2. The van der Waals surface area contributed by atoms with Crippen LogP contribution in [0.5, 0.6) is 0 Å². The highest BCUT2D eigenvalue weighted by Crippen LogP contribution is 2.14. The molecule has 2 atom stereocenters. The summed E-state index contributed by atoms with van der Waals surface area (Å²) in [5, 5.41) is 0. The summed E-state index contributed by atoms with van der Waals surface area (Å²) in [4.78, 5) is 21.8. The topological polar surface area (TPSA) is 71.1 Å². The van der Waals surface area contributed by atoms with Crippen molar-refractivity contribution in [2.45, 2.75) is 19.0 Å². The second kappa shape index (κ2) is 7.74. The Bertz CT molecular complexity index is 433. The molecule has 1 saturated heterocycles. The lowest BCUT2D eigenvalue weighted by molar-refractivity contribution is -0.156. The van der Waals surface area contributed by atoms with Crippen LogP contribution in [-0.4, -0.2) is 44.7 Å². The summed E-state index contributed by atoms with van der Waals surface area (Å²) in [5.41, 5.74) is 0.476. The first-order chi connectivity index (χ1) is 9.79. The van der Waals surface area contributed by atoms with E-state index in [-0.39, 0.29) is 19.8 Å². The Morgan fingerprint density at radius 2 is 2.15 bits per heavy atom. The summed E-state index contributed by atoms with van der Waals surface area (Å²) >= 11 is 0. The molecule has 6 heteroatoms. The van der Waals surface area contributed by atoms with Crippen molar-refractivity contribution in [3.63, 3.8) is 0 Å². The molecule has 6 nitrogen and oxygen atoms in total. The van der Waals surface area contributed by atoms with Crippen molar-refractivity contribution >= 4 is 12.3 Å². The van der Waals surface area contributed by atoms with Gasteiger partial charge in [0.1, 0.15) is 19.5 Å². The molecule has 0 saturated carbocycles. The molecule has 0 bridgehead atoms. The molecule has 1 aliphatic rings. The quantitative estimate of drug-likeness (QED) is 0.424. The van der Waals surface area contributed by atoms with Crippen LogP contribution in [-0.2, 0) is 23.7 Å². The smallest absolute Gasteiger partial charge is 0.338 e. The zero-order valence-electron chi connectivity index (χ0n) is 10.9. The number of esters is 1. The highest BCUT2D eigenvalue weighted by atomic mass is 16.8. The van der Waals surface area contributed by atoms with Gasteiger partial charge in [-0.2, -0.15) is 0 Å². The summed E-state index contributed by atoms with van der Waals surface area (Å²) in [7, 11) is 0. The number of benzene rings is 1. The van der Waals surface area contributed by atoms with Gasteiger partial charge in [-0.15, -0.1) is 0 Å². The number of hydrogen-bond acceptors (Lipinski definition) is 6. The number of aldehydes is 1. The molecule has 1 aromatic rings. The molecule has 0 spiro atoms. The van der Waals surface area contributed by atoms with Crippen LogP contribution in [0.3, 0.4) is 0 Å². The molecule has 0 N–H and O–H groups in total. The van der Waals surface area contributed by atoms with Crippen molar-refractivity contribution in [2.24, 2.45) is 0 Å². The Balaban J connectivity index is 1.68. The van der Waals surface area contributed by atoms with Gasteiger partial charge in [0.2, 0.25) is 0 Å². The van der Waals surface area contributed by atoms with Crippen LogP contribution < -0.4 is 0 Å². The largest absolute Gasteiger partial charge is 0.457 e. The molecule has 0 radical (unpaired) electrons. The van der Waals surface area contributed by atoms with Crippen LogP contribution in [0.1, 0.15) is 16.8 Å². The summed E-state index contributed by atoms with van der Waals surface area (Å²) < 4.78 is 21.0. The van der Waals surface area contributed by atoms with Gasteiger partial charge >= 0.3 is 5.97 Å². The van der Waals surface area contributed by atoms with E-state index in [1.165, 1.54) is 0 Å². The number of carbonyl (C=O) groups excluding carboxylic acids is 2. The van der Waals surface area contributed by atoms with Gasteiger partial charge in [0.15, 0.2) is 12.6 Å². The molecule has 1 fully saturated rings. The molecule has 20 heavy (non-hydrogen) atoms. The third-order valence-corrected chi connectivity index (χ3v) is 2.62. The van der Waals surface area contributed by atoms with Crippen LogP contribution in [0.2, 0.25) is 0 Å². The first-order valence-electron chi connectivity index (χ1n) is 6.34. The van der Waals surface area contributed by atoms with E-state index in [0.717, 1.165) is 6.29 Å². The van der Waals surface area contributed by atoms with Gasteiger partial charge in [0, 0.05) is 6.42 Å². The summed E-state index contributed by atoms with van der Waals surface area (Å²) in [6, 6.07) is 8.68. The molecule has 2 unspecified atom stereocenters. The average molecular weight is 280 g/mol. The van der Waals surface area contributed by atoms with Gasteiger partial charge in [0.05, 0.1) is 12.2 Å². The summed E-state index contributed by atoms with van der Waals surface area (Å²) in [6.07, 6.45) is -0.0677. The molecular weight excluding hydrogens is 264 g/mol. The number of hydrogen-bond donors (Lipinski definition) is 0. The number of ether oxygens (including phenoxy) is 4. The third kappa shape index (κ3) is 4.41. The Morgan fingerprint density at radius 1 is 1.35 bits per heavy atom. The van der Waals surface area contributed by atoms with Gasteiger partial charge in [0.25, 0.3) is 0 Å². The van der Waals surface area contributed by atoms with E-state index in [9.17, 15) is 9.59 Å². The van der Waals surface area contributed by atoms with Crippen LogP contribution >= 0.6 is 0 Å². The van der Waals surface area contributed by atoms with Crippen molar-refractivity contribution in [3.05, 3.63) is 35.9 Å². The fourth-order valence-electron chi connectivity index (χ4n) is 1.66. The minimum absolute atomic E-state index is 0.00126. The number of carbonyl (C=O) groups is 2. The molecule has 1 aliphatic heterocycles. The maximum absolute atomic E-state index is 11.7. The van der Waals surface area contributed by atoms with Gasteiger partial charge in [-0.3, -0.25) is 0 Å². The minimum atomic E-state index is -0.635. The van der Waals surface area contributed by atoms with E-state index in [4.69, 9.17) is 18.9 Å². The first-order valence-corrected chi connectivity index (χ1v) is 6.34. The van der Waals surface area contributed by atoms with Crippen LogP contribution in [0.25, 0.3) is 0 Å². The van der Waals surface area contributed by atoms with Crippen molar-refractivity contribution in [3.8, 4) is 0 Å². The molecule has 1 heterocycles. The molecule has 0 aromatic heterocycles. The lowest BCUT2D eigenvalue weighted by Gasteiger charge is -2.12. The predicted molar refractivity (Wildman–Crippen MR) is 68.0 cm³/mol. The Morgan fingerprint density at radius 3 is 2.90 bits per heavy atom. The molecule has 108 valence electrons. The maximum atomic E-state index is 11.7. The highest BCUT2D eigenvalue weighted by Gasteiger charge is 2.27. The second-order valence-electron chi connectivity index (χ2n) is 4.12. The third-order valence-electron chi connectivity index (χ3n) is 2.62. The van der Waals surface area contributed by atoms with E-state index in [1.54, 1.807) is 24.3 Å². The van der Waals surface area contributed by atoms with Crippen molar-refractivity contribution in [1.29, 1.82) is 0 Å². The highest BCUT2D eigenvalue weighted by molar-refractivity contribution is 5.89.